The van der Waals surface area contributed by atoms with Crippen molar-refractivity contribution in [2.75, 3.05) is 6.54 Å². The highest BCUT2D eigenvalue weighted by atomic mass is 32.1. The van der Waals surface area contributed by atoms with Crippen LogP contribution in [0.4, 0.5) is 0 Å². The van der Waals surface area contributed by atoms with E-state index in [-0.39, 0.29) is 18.1 Å². The Hall–Kier alpha value is -0.980. The number of hydrogen-bond donors (Lipinski definition) is 2. The third kappa shape index (κ3) is 3.28. The third-order valence-electron chi connectivity index (χ3n) is 3.03. The van der Waals surface area contributed by atoms with E-state index in [1.54, 1.807) is 11.3 Å². The SMILES string of the molecule is CCc1cnc(CNC(=O)[C@@H]2CC[C@H](CN)O2)s1. The normalized spacial score (nSPS) is 23.2. The van der Waals surface area contributed by atoms with Crippen LogP contribution in [0.3, 0.4) is 0 Å². The van der Waals surface area contributed by atoms with Gasteiger partial charge in [0.1, 0.15) is 11.1 Å². The van der Waals surface area contributed by atoms with E-state index in [0.29, 0.717) is 13.1 Å². The molecule has 100 valence electrons. The Morgan fingerprint density at radius 3 is 3.11 bits per heavy atom. The molecule has 1 amide bonds. The Balaban J connectivity index is 1.78. The molecule has 3 N–H and O–H groups in total. The molecule has 0 aromatic carbocycles. The molecule has 0 unspecified atom stereocenters. The summed E-state index contributed by atoms with van der Waals surface area (Å²) in [5.41, 5.74) is 5.51. The first-order valence-electron chi connectivity index (χ1n) is 6.29. The van der Waals surface area contributed by atoms with Crippen LogP contribution in [-0.4, -0.2) is 29.6 Å². The van der Waals surface area contributed by atoms with Gasteiger partial charge in [-0.05, 0) is 19.3 Å². The molecule has 5 nitrogen and oxygen atoms in total. The highest BCUT2D eigenvalue weighted by Gasteiger charge is 2.29. The number of carbonyl (C=O) groups is 1. The minimum atomic E-state index is -0.343. The molecule has 2 heterocycles. The largest absolute Gasteiger partial charge is 0.364 e. The van der Waals surface area contributed by atoms with Crippen molar-refractivity contribution < 1.29 is 9.53 Å². The zero-order valence-electron chi connectivity index (χ0n) is 10.5. The third-order valence-corrected chi connectivity index (χ3v) is 4.17. The summed E-state index contributed by atoms with van der Waals surface area (Å²) in [4.78, 5) is 17.4. The number of nitrogens with two attached hydrogens (primary N) is 1. The van der Waals surface area contributed by atoms with Gasteiger partial charge in [-0.3, -0.25) is 4.79 Å². The van der Waals surface area contributed by atoms with Crippen molar-refractivity contribution in [2.24, 2.45) is 5.73 Å². The van der Waals surface area contributed by atoms with Gasteiger partial charge < -0.3 is 15.8 Å². The minimum absolute atomic E-state index is 0.0345. The zero-order chi connectivity index (χ0) is 13.0. The molecule has 2 atom stereocenters. The smallest absolute Gasteiger partial charge is 0.249 e. The molecule has 1 fully saturated rings. The molecule has 0 radical (unpaired) electrons. The number of aryl methyl sites for hydroxylation is 1. The van der Waals surface area contributed by atoms with E-state index in [2.05, 4.69) is 17.2 Å². The molecule has 1 saturated heterocycles. The summed E-state index contributed by atoms with van der Waals surface area (Å²) in [6.45, 7) is 3.06. The van der Waals surface area contributed by atoms with Gasteiger partial charge in [0, 0.05) is 17.6 Å². The van der Waals surface area contributed by atoms with Crippen molar-refractivity contribution in [2.45, 2.75) is 44.9 Å². The summed E-state index contributed by atoms with van der Waals surface area (Å²) in [5, 5.41) is 3.80. The summed E-state index contributed by atoms with van der Waals surface area (Å²) >= 11 is 1.64. The highest BCUT2D eigenvalue weighted by molar-refractivity contribution is 7.11. The summed E-state index contributed by atoms with van der Waals surface area (Å²) in [6.07, 6.45) is 4.16. The number of thiazole rings is 1. The zero-order valence-corrected chi connectivity index (χ0v) is 11.3. The maximum Gasteiger partial charge on any atom is 0.249 e. The van der Waals surface area contributed by atoms with Gasteiger partial charge in [-0.1, -0.05) is 6.92 Å². The van der Waals surface area contributed by atoms with E-state index in [1.807, 2.05) is 6.20 Å². The Bertz CT molecular complexity index is 408. The van der Waals surface area contributed by atoms with Crippen LogP contribution in [0.5, 0.6) is 0 Å². The molecular formula is C12H19N3O2S. The van der Waals surface area contributed by atoms with Gasteiger partial charge in [-0.25, -0.2) is 4.98 Å². The molecule has 0 aliphatic carbocycles. The molecule has 0 spiro atoms. The first kappa shape index (κ1) is 13.5. The fourth-order valence-corrected chi connectivity index (χ4v) is 2.74. The van der Waals surface area contributed by atoms with Gasteiger partial charge in [0.05, 0.1) is 12.6 Å². The van der Waals surface area contributed by atoms with E-state index in [9.17, 15) is 4.79 Å². The number of amides is 1. The minimum Gasteiger partial charge on any atom is -0.364 e. The van der Waals surface area contributed by atoms with Crippen LogP contribution in [0.25, 0.3) is 0 Å². The number of rotatable bonds is 5. The number of hydrogen-bond acceptors (Lipinski definition) is 5. The van der Waals surface area contributed by atoms with Crippen LogP contribution in [0, 0.1) is 0 Å². The lowest BCUT2D eigenvalue weighted by molar-refractivity contribution is -0.132. The summed E-state index contributed by atoms with van der Waals surface area (Å²) in [5.74, 6) is -0.0563. The maximum atomic E-state index is 11.9. The molecule has 1 aromatic rings. The van der Waals surface area contributed by atoms with Crippen LogP contribution < -0.4 is 11.1 Å². The fourth-order valence-electron chi connectivity index (χ4n) is 1.94. The van der Waals surface area contributed by atoms with E-state index >= 15 is 0 Å². The molecule has 0 saturated carbocycles. The van der Waals surface area contributed by atoms with E-state index in [4.69, 9.17) is 10.5 Å². The monoisotopic (exact) mass is 269 g/mol. The molecule has 1 aliphatic rings. The van der Waals surface area contributed by atoms with Crippen LogP contribution in [0.1, 0.15) is 29.7 Å². The van der Waals surface area contributed by atoms with Crippen LogP contribution in [0.15, 0.2) is 6.20 Å². The topological polar surface area (TPSA) is 77.2 Å². The van der Waals surface area contributed by atoms with E-state index in [1.165, 1.54) is 4.88 Å². The Morgan fingerprint density at radius 1 is 1.67 bits per heavy atom. The summed E-state index contributed by atoms with van der Waals surface area (Å²) in [6, 6.07) is 0. The van der Waals surface area contributed by atoms with Crippen LogP contribution >= 0.6 is 11.3 Å². The Kier molecular flexibility index (Phi) is 4.68. The van der Waals surface area contributed by atoms with Gasteiger partial charge in [0.25, 0.3) is 0 Å². The van der Waals surface area contributed by atoms with Crippen molar-refractivity contribution in [3.05, 3.63) is 16.1 Å². The molecule has 1 aliphatic heterocycles. The van der Waals surface area contributed by atoms with Crippen molar-refractivity contribution in [3.8, 4) is 0 Å². The molecule has 1 aromatic heterocycles. The van der Waals surface area contributed by atoms with Crippen LogP contribution in [-0.2, 0) is 22.5 Å². The Labute approximate surface area is 111 Å². The highest BCUT2D eigenvalue weighted by Crippen LogP contribution is 2.19. The van der Waals surface area contributed by atoms with Crippen molar-refractivity contribution in [3.63, 3.8) is 0 Å². The van der Waals surface area contributed by atoms with Crippen LogP contribution in [0.2, 0.25) is 0 Å². The lowest BCUT2D eigenvalue weighted by Crippen LogP contribution is -2.35. The van der Waals surface area contributed by atoms with Crippen molar-refractivity contribution in [1.82, 2.24) is 10.3 Å². The molecule has 6 heteroatoms. The predicted molar refractivity (Wildman–Crippen MR) is 70.3 cm³/mol. The van der Waals surface area contributed by atoms with Gasteiger partial charge in [-0.15, -0.1) is 11.3 Å². The number of nitrogens with zero attached hydrogens (tertiary/aromatic N) is 1. The number of aromatic nitrogens is 1. The quantitative estimate of drug-likeness (QED) is 0.830. The second-order valence-corrected chi connectivity index (χ2v) is 5.55. The fraction of sp³-hybridized carbons (Fsp3) is 0.667. The first-order chi connectivity index (χ1) is 8.72. The second-order valence-electron chi connectivity index (χ2n) is 4.35. The standard InChI is InChI=1S/C12H19N3O2S/c1-2-9-6-14-11(18-9)7-15-12(16)10-4-3-8(5-13)17-10/h6,8,10H,2-5,7,13H2,1H3,(H,15,16)/t8-,10+/m1/s1. The Morgan fingerprint density at radius 2 is 2.50 bits per heavy atom. The average molecular weight is 269 g/mol. The molecular weight excluding hydrogens is 250 g/mol. The number of carbonyl (C=O) groups excluding carboxylic acids is 1. The number of ether oxygens (including phenoxy) is 1. The summed E-state index contributed by atoms with van der Waals surface area (Å²) < 4.78 is 5.53. The first-order valence-corrected chi connectivity index (χ1v) is 7.11. The lowest BCUT2D eigenvalue weighted by atomic mass is 10.2. The van der Waals surface area contributed by atoms with Gasteiger partial charge in [0.15, 0.2) is 0 Å². The molecule has 18 heavy (non-hydrogen) atoms. The number of nitrogens with one attached hydrogen (secondary N) is 1. The van der Waals surface area contributed by atoms with Gasteiger partial charge in [0.2, 0.25) is 5.91 Å². The summed E-state index contributed by atoms with van der Waals surface area (Å²) in [7, 11) is 0. The molecule has 2 rings (SSSR count). The van der Waals surface area contributed by atoms with Gasteiger partial charge in [-0.2, -0.15) is 0 Å². The second kappa shape index (κ2) is 6.26. The van der Waals surface area contributed by atoms with Crippen molar-refractivity contribution >= 4 is 17.2 Å². The van der Waals surface area contributed by atoms with Crippen molar-refractivity contribution in [1.29, 1.82) is 0 Å². The predicted octanol–water partition coefficient (Wildman–Crippen LogP) is 0.828. The average Bonchev–Trinajstić information content (AvgIpc) is 3.04. The maximum absolute atomic E-state index is 11.9. The van der Waals surface area contributed by atoms with E-state index in [0.717, 1.165) is 24.3 Å². The lowest BCUT2D eigenvalue weighted by Gasteiger charge is -2.11. The van der Waals surface area contributed by atoms with E-state index < -0.39 is 0 Å². The van der Waals surface area contributed by atoms with Gasteiger partial charge >= 0.3 is 0 Å². The molecule has 0 bridgehead atoms.